The Bertz CT molecular complexity index is 579. The molecule has 0 unspecified atom stereocenters. The summed E-state index contributed by atoms with van der Waals surface area (Å²) in [5.74, 6) is 0.101. The highest BCUT2D eigenvalue weighted by atomic mass is 35.5. The Kier molecular flexibility index (Phi) is 7.29. The van der Waals surface area contributed by atoms with Gasteiger partial charge in [-0.15, -0.1) is 0 Å². The highest BCUT2D eigenvalue weighted by Gasteiger charge is 2.37. The van der Waals surface area contributed by atoms with Crippen LogP contribution in [0.5, 0.6) is 0 Å². The molecule has 1 aliphatic heterocycles. The third-order valence-electron chi connectivity index (χ3n) is 5.34. The number of halogens is 1. The van der Waals surface area contributed by atoms with Gasteiger partial charge in [0.2, 0.25) is 5.91 Å². The van der Waals surface area contributed by atoms with Crippen LogP contribution in [-0.2, 0) is 11.3 Å². The second-order valence-corrected chi connectivity index (χ2v) is 7.74. The molecular formula is C20H31ClN2O2. The molecule has 5 heteroatoms. The van der Waals surface area contributed by atoms with Crippen molar-refractivity contribution in [1.29, 1.82) is 0 Å². The van der Waals surface area contributed by atoms with Crippen LogP contribution < -0.4 is 0 Å². The molecule has 0 saturated carbocycles. The Hall–Kier alpha value is -1.10. The summed E-state index contributed by atoms with van der Waals surface area (Å²) < 4.78 is 0. The van der Waals surface area contributed by atoms with Crippen LogP contribution in [0.15, 0.2) is 24.3 Å². The predicted molar refractivity (Wildman–Crippen MR) is 103 cm³/mol. The van der Waals surface area contributed by atoms with Crippen molar-refractivity contribution >= 4 is 17.5 Å². The van der Waals surface area contributed by atoms with Gasteiger partial charge in [0.15, 0.2) is 0 Å². The fourth-order valence-corrected chi connectivity index (χ4v) is 3.84. The van der Waals surface area contributed by atoms with Gasteiger partial charge in [0, 0.05) is 36.6 Å². The number of benzene rings is 1. The molecule has 1 amide bonds. The zero-order valence-electron chi connectivity index (χ0n) is 15.8. The Balaban J connectivity index is 2.10. The van der Waals surface area contributed by atoms with Crippen molar-refractivity contribution < 1.29 is 9.90 Å². The number of amides is 1. The van der Waals surface area contributed by atoms with Crippen LogP contribution >= 0.6 is 11.6 Å². The van der Waals surface area contributed by atoms with E-state index in [2.05, 4.69) is 32.6 Å². The van der Waals surface area contributed by atoms with Crippen molar-refractivity contribution in [2.24, 2.45) is 0 Å². The molecule has 1 saturated heterocycles. The van der Waals surface area contributed by atoms with Crippen molar-refractivity contribution in [2.45, 2.75) is 77.7 Å². The molecule has 25 heavy (non-hydrogen) atoms. The average molecular weight is 367 g/mol. The number of carbonyl (C=O) groups is 1. The van der Waals surface area contributed by atoms with Gasteiger partial charge in [0.1, 0.15) is 0 Å². The lowest BCUT2D eigenvalue weighted by molar-refractivity contribution is -0.131. The second kappa shape index (κ2) is 9.02. The topological polar surface area (TPSA) is 43.8 Å². The van der Waals surface area contributed by atoms with E-state index in [1.165, 1.54) is 0 Å². The summed E-state index contributed by atoms with van der Waals surface area (Å²) in [4.78, 5) is 16.5. The first kappa shape index (κ1) is 20.2. The van der Waals surface area contributed by atoms with Gasteiger partial charge in [-0.25, -0.2) is 0 Å². The van der Waals surface area contributed by atoms with E-state index in [0.29, 0.717) is 43.0 Å². The monoisotopic (exact) mass is 366 g/mol. The molecule has 0 aromatic heterocycles. The Morgan fingerprint density at radius 3 is 2.60 bits per heavy atom. The first-order valence-corrected chi connectivity index (χ1v) is 9.69. The third-order valence-corrected chi connectivity index (χ3v) is 5.70. The van der Waals surface area contributed by atoms with E-state index in [1.54, 1.807) is 4.90 Å². The summed E-state index contributed by atoms with van der Waals surface area (Å²) in [7, 11) is 0. The highest BCUT2D eigenvalue weighted by Crippen LogP contribution is 2.27. The number of aliphatic hydroxyl groups excluding tert-OH is 1. The minimum Gasteiger partial charge on any atom is -0.390 e. The molecule has 0 spiro atoms. The molecule has 1 aromatic carbocycles. The lowest BCUT2D eigenvalue weighted by atomic mass is 10.0. The zero-order chi connectivity index (χ0) is 18.6. The molecule has 0 bridgehead atoms. The summed E-state index contributed by atoms with van der Waals surface area (Å²) in [6.45, 7) is 9.71. The number of carbonyl (C=O) groups excluding carboxylic acids is 1. The van der Waals surface area contributed by atoms with Gasteiger partial charge in [0.05, 0.1) is 12.1 Å². The molecule has 0 radical (unpaired) electrons. The quantitative estimate of drug-likeness (QED) is 0.762. The number of rotatable bonds is 8. The van der Waals surface area contributed by atoms with E-state index < -0.39 is 6.10 Å². The van der Waals surface area contributed by atoms with Gasteiger partial charge in [-0.2, -0.15) is 0 Å². The SMILES string of the molecule is CC[C@@H](C)N(C[C@@H](O)[C@@H]1CCC(=O)N1Cc1ccccc1Cl)C(C)C. The maximum atomic E-state index is 12.4. The Morgan fingerprint density at radius 1 is 1.32 bits per heavy atom. The van der Waals surface area contributed by atoms with E-state index in [0.717, 1.165) is 12.0 Å². The molecule has 1 aliphatic rings. The maximum Gasteiger partial charge on any atom is 0.223 e. The maximum absolute atomic E-state index is 12.4. The summed E-state index contributed by atoms with van der Waals surface area (Å²) in [6, 6.07) is 8.22. The number of hydrogen-bond acceptors (Lipinski definition) is 3. The van der Waals surface area contributed by atoms with E-state index in [1.807, 2.05) is 24.3 Å². The minimum absolute atomic E-state index is 0.101. The smallest absolute Gasteiger partial charge is 0.223 e. The van der Waals surface area contributed by atoms with E-state index in [4.69, 9.17) is 11.6 Å². The van der Waals surface area contributed by atoms with Gasteiger partial charge in [-0.3, -0.25) is 9.69 Å². The molecule has 2 rings (SSSR count). The number of likely N-dealkylation sites (tertiary alicyclic amines) is 1. The number of aliphatic hydroxyl groups is 1. The third kappa shape index (κ3) is 4.96. The largest absolute Gasteiger partial charge is 0.390 e. The van der Waals surface area contributed by atoms with Crippen LogP contribution in [0.3, 0.4) is 0 Å². The molecule has 0 aliphatic carbocycles. The lowest BCUT2D eigenvalue weighted by Crippen LogP contribution is -2.50. The van der Waals surface area contributed by atoms with Gasteiger partial charge in [0.25, 0.3) is 0 Å². The van der Waals surface area contributed by atoms with Gasteiger partial charge < -0.3 is 10.0 Å². The van der Waals surface area contributed by atoms with Gasteiger partial charge in [-0.1, -0.05) is 36.7 Å². The molecule has 1 heterocycles. The normalized spacial score (nSPS) is 20.6. The number of hydrogen-bond donors (Lipinski definition) is 1. The van der Waals surface area contributed by atoms with E-state index in [9.17, 15) is 9.90 Å². The number of nitrogens with zero attached hydrogens (tertiary/aromatic N) is 2. The van der Waals surface area contributed by atoms with Crippen molar-refractivity contribution in [3.63, 3.8) is 0 Å². The Morgan fingerprint density at radius 2 is 2.00 bits per heavy atom. The summed E-state index contributed by atoms with van der Waals surface area (Å²) >= 11 is 6.26. The van der Waals surface area contributed by atoms with Crippen LogP contribution in [0.1, 0.15) is 52.5 Å². The van der Waals surface area contributed by atoms with Gasteiger partial charge >= 0.3 is 0 Å². The van der Waals surface area contributed by atoms with Gasteiger partial charge in [-0.05, 0) is 45.2 Å². The fourth-order valence-electron chi connectivity index (χ4n) is 3.64. The second-order valence-electron chi connectivity index (χ2n) is 7.33. The van der Waals surface area contributed by atoms with Crippen molar-refractivity contribution in [2.75, 3.05) is 6.54 Å². The summed E-state index contributed by atoms with van der Waals surface area (Å²) in [6.07, 6.45) is 1.69. The zero-order valence-corrected chi connectivity index (χ0v) is 16.5. The molecule has 140 valence electrons. The van der Waals surface area contributed by atoms with Crippen molar-refractivity contribution in [3.8, 4) is 0 Å². The predicted octanol–water partition coefficient (Wildman–Crippen LogP) is 3.70. The lowest BCUT2D eigenvalue weighted by Gasteiger charge is -2.37. The van der Waals surface area contributed by atoms with Crippen LogP contribution in [0.4, 0.5) is 0 Å². The first-order valence-electron chi connectivity index (χ1n) is 9.31. The van der Waals surface area contributed by atoms with E-state index in [-0.39, 0.29) is 11.9 Å². The highest BCUT2D eigenvalue weighted by molar-refractivity contribution is 6.31. The van der Waals surface area contributed by atoms with Crippen LogP contribution in [-0.4, -0.2) is 51.6 Å². The first-order chi connectivity index (χ1) is 11.8. The standard InChI is InChI=1S/C20H31ClN2O2/c1-5-15(4)22(14(2)3)13-19(24)18-10-11-20(25)23(18)12-16-8-6-7-9-17(16)21/h6-9,14-15,18-19,24H,5,10-13H2,1-4H3/t15-,18+,19-/m1/s1. The molecule has 1 fully saturated rings. The Labute approximate surface area is 156 Å². The fraction of sp³-hybridized carbons (Fsp3) is 0.650. The molecule has 1 N–H and O–H groups in total. The molecule has 1 aromatic rings. The van der Waals surface area contributed by atoms with E-state index >= 15 is 0 Å². The van der Waals surface area contributed by atoms with Crippen molar-refractivity contribution in [1.82, 2.24) is 9.80 Å². The average Bonchev–Trinajstić information content (AvgIpc) is 2.94. The van der Waals surface area contributed by atoms with Crippen LogP contribution in [0.25, 0.3) is 0 Å². The summed E-state index contributed by atoms with van der Waals surface area (Å²) in [5.41, 5.74) is 0.930. The minimum atomic E-state index is -0.551. The molecule has 4 nitrogen and oxygen atoms in total. The summed E-state index contributed by atoms with van der Waals surface area (Å²) in [5, 5.41) is 11.5. The molecule has 3 atom stereocenters. The van der Waals surface area contributed by atoms with Crippen molar-refractivity contribution in [3.05, 3.63) is 34.9 Å². The van der Waals surface area contributed by atoms with Crippen LogP contribution in [0.2, 0.25) is 5.02 Å². The van der Waals surface area contributed by atoms with Crippen LogP contribution in [0, 0.1) is 0 Å². The molecular weight excluding hydrogens is 336 g/mol.